The zero-order valence-electron chi connectivity index (χ0n) is 13.0. The maximum atomic E-state index is 12.3. The lowest BCUT2D eigenvalue weighted by Crippen LogP contribution is -2.28. The van der Waals surface area contributed by atoms with Gasteiger partial charge in [0.2, 0.25) is 0 Å². The minimum absolute atomic E-state index is 0.172. The van der Waals surface area contributed by atoms with Crippen LogP contribution >= 0.6 is 0 Å². The van der Waals surface area contributed by atoms with Gasteiger partial charge in [0.25, 0.3) is 5.91 Å². The molecule has 0 spiro atoms. The molecular weight excluding hydrogens is 300 g/mol. The number of hydrogen-bond acceptors (Lipinski definition) is 6. The molecule has 23 heavy (non-hydrogen) atoms. The largest absolute Gasteiger partial charge is 0.465 e. The van der Waals surface area contributed by atoms with Crippen LogP contribution in [0.4, 0.5) is 0 Å². The fraction of sp³-hybridized carbons (Fsp3) is 0.400. The Kier molecular flexibility index (Phi) is 4.16. The number of aromatic amines is 1. The lowest BCUT2D eigenvalue weighted by Gasteiger charge is -2.12. The van der Waals surface area contributed by atoms with Crippen LogP contribution < -0.4 is 10.6 Å². The molecule has 0 aliphatic carbocycles. The Morgan fingerprint density at radius 3 is 3.09 bits per heavy atom. The number of H-pyrrole nitrogens is 1. The first-order valence-electron chi connectivity index (χ1n) is 7.32. The SMILES string of the molecule is COC(=O)c1cc(CNC(=O)c2n[nH]c3c2CNCC3)oc1C. The number of ether oxygens (including phenoxy) is 1. The van der Waals surface area contributed by atoms with Crippen LogP contribution in [-0.2, 0) is 24.2 Å². The predicted octanol–water partition coefficient (Wildman–Crippen LogP) is 0.673. The molecule has 3 rings (SSSR count). The Morgan fingerprint density at radius 1 is 1.48 bits per heavy atom. The molecule has 122 valence electrons. The van der Waals surface area contributed by atoms with Crippen molar-refractivity contribution < 1.29 is 18.7 Å². The number of fused-ring (bicyclic) bond motifs is 1. The molecule has 0 unspecified atom stereocenters. The Labute approximate surface area is 132 Å². The van der Waals surface area contributed by atoms with Gasteiger partial charge in [0, 0.05) is 30.8 Å². The highest BCUT2D eigenvalue weighted by molar-refractivity contribution is 5.94. The number of aromatic nitrogens is 2. The first kappa shape index (κ1) is 15.3. The molecule has 1 aliphatic rings. The van der Waals surface area contributed by atoms with Gasteiger partial charge in [0.1, 0.15) is 17.1 Å². The molecule has 0 atom stereocenters. The molecule has 0 bridgehead atoms. The lowest BCUT2D eigenvalue weighted by atomic mass is 10.1. The third-order valence-electron chi connectivity index (χ3n) is 3.82. The van der Waals surface area contributed by atoms with Gasteiger partial charge in [-0.1, -0.05) is 0 Å². The molecule has 1 amide bonds. The normalized spacial score (nSPS) is 13.5. The molecule has 1 aliphatic heterocycles. The smallest absolute Gasteiger partial charge is 0.341 e. The van der Waals surface area contributed by atoms with Crippen LogP contribution in [0.5, 0.6) is 0 Å². The van der Waals surface area contributed by atoms with Crippen molar-refractivity contribution >= 4 is 11.9 Å². The van der Waals surface area contributed by atoms with E-state index in [1.54, 1.807) is 13.0 Å². The number of hydrogen-bond donors (Lipinski definition) is 3. The molecule has 3 N–H and O–H groups in total. The molecule has 3 heterocycles. The maximum Gasteiger partial charge on any atom is 0.341 e. The molecule has 0 fully saturated rings. The Balaban J connectivity index is 1.68. The zero-order valence-corrected chi connectivity index (χ0v) is 13.0. The minimum Gasteiger partial charge on any atom is -0.465 e. The summed E-state index contributed by atoms with van der Waals surface area (Å²) in [5.41, 5.74) is 2.65. The van der Waals surface area contributed by atoms with Crippen molar-refractivity contribution in [3.8, 4) is 0 Å². The number of rotatable bonds is 4. The fourth-order valence-electron chi connectivity index (χ4n) is 2.61. The molecule has 0 radical (unpaired) electrons. The van der Waals surface area contributed by atoms with Crippen molar-refractivity contribution in [1.82, 2.24) is 20.8 Å². The van der Waals surface area contributed by atoms with Gasteiger partial charge in [-0.25, -0.2) is 4.79 Å². The van der Waals surface area contributed by atoms with E-state index in [0.29, 0.717) is 29.3 Å². The summed E-state index contributed by atoms with van der Waals surface area (Å²) in [7, 11) is 1.31. The van der Waals surface area contributed by atoms with Gasteiger partial charge < -0.3 is 19.8 Å². The molecule has 0 saturated carbocycles. The van der Waals surface area contributed by atoms with Crippen LogP contribution in [0.1, 0.15) is 43.6 Å². The van der Waals surface area contributed by atoms with Crippen LogP contribution in [0.15, 0.2) is 10.5 Å². The topological polar surface area (TPSA) is 109 Å². The van der Waals surface area contributed by atoms with E-state index in [2.05, 4.69) is 25.6 Å². The first-order valence-corrected chi connectivity index (χ1v) is 7.32. The van der Waals surface area contributed by atoms with E-state index in [1.807, 2.05) is 0 Å². The molecule has 2 aromatic heterocycles. The average Bonchev–Trinajstić information content (AvgIpc) is 3.15. The summed E-state index contributed by atoms with van der Waals surface area (Å²) in [6, 6.07) is 1.57. The van der Waals surface area contributed by atoms with E-state index < -0.39 is 5.97 Å². The average molecular weight is 318 g/mol. The van der Waals surface area contributed by atoms with Gasteiger partial charge >= 0.3 is 5.97 Å². The van der Waals surface area contributed by atoms with E-state index in [4.69, 9.17) is 4.42 Å². The summed E-state index contributed by atoms with van der Waals surface area (Å²) in [4.78, 5) is 23.8. The molecule has 0 saturated heterocycles. The van der Waals surface area contributed by atoms with Gasteiger partial charge in [-0.15, -0.1) is 0 Å². The van der Waals surface area contributed by atoms with E-state index in [-0.39, 0.29) is 12.5 Å². The molecule has 8 nitrogen and oxygen atoms in total. The summed E-state index contributed by atoms with van der Waals surface area (Å²) in [5, 5.41) is 13.0. The number of aryl methyl sites for hydroxylation is 1. The summed E-state index contributed by atoms with van der Waals surface area (Å²) in [5.74, 6) is 0.206. The molecule has 0 aromatic carbocycles. The Bertz CT molecular complexity index is 747. The first-order chi connectivity index (χ1) is 11.1. The van der Waals surface area contributed by atoms with Crippen LogP contribution in [-0.4, -0.2) is 35.7 Å². The number of furan rings is 1. The second-order valence-corrected chi connectivity index (χ2v) is 5.31. The van der Waals surface area contributed by atoms with E-state index in [1.165, 1.54) is 7.11 Å². The van der Waals surface area contributed by atoms with Crippen molar-refractivity contribution in [3.05, 3.63) is 40.1 Å². The summed E-state index contributed by atoms with van der Waals surface area (Å²) >= 11 is 0. The summed E-state index contributed by atoms with van der Waals surface area (Å²) < 4.78 is 10.1. The molecular formula is C15H18N4O4. The van der Waals surface area contributed by atoms with Crippen LogP contribution in [0, 0.1) is 6.92 Å². The van der Waals surface area contributed by atoms with Crippen molar-refractivity contribution in [2.75, 3.05) is 13.7 Å². The minimum atomic E-state index is -0.462. The highest BCUT2D eigenvalue weighted by Crippen LogP contribution is 2.17. The molecule has 8 heteroatoms. The van der Waals surface area contributed by atoms with Gasteiger partial charge in [0.05, 0.1) is 13.7 Å². The quantitative estimate of drug-likeness (QED) is 0.715. The predicted molar refractivity (Wildman–Crippen MR) is 80.0 cm³/mol. The van der Waals surface area contributed by atoms with E-state index >= 15 is 0 Å². The summed E-state index contributed by atoms with van der Waals surface area (Å²) in [6.07, 6.45) is 0.829. The Hall–Kier alpha value is -2.61. The third kappa shape index (κ3) is 2.98. The number of nitrogens with one attached hydrogen (secondary N) is 3. The number of carbonyl (C=O) groups is 2. The number of methoxy groups -OCH3 is 1. The van der Waals surface area contributed by atoms with Gasteiger partial charge in [0.15, 0.2) is 5.69 Å². The standard InChI is InChI=1S/C15H18N4O4/c1-8-10(15(21)22-2)5-9(23-8)6-17-14(20)13-11-7-16-4-3-12(11)18-19-13/h5,16H,3-4,6-7H2,1-2H3,(H,17,20)(H,18,19). The third-order valence-corrected chi connectivity index (χ3v) is 3.82. The zero-order chi connectivity index (χ0) is 16.4. The van der Waals surface area contributed by atoms with E-state index in [0.717, 1.165) is 24.2 Å². The van der Waals surface area contributed by atoms with Crippen LogP contribution in [0.3, 0.4) is 0 Å². The van der Waals surface area contributed by atoms with Gasteiger partial charge in [-0.2, -0.15) is 5.10 Å². The second-order valence-electron chi connectivity index (χ2n) is 5.31. The van der Waals surface area contributed by atoms with Crippen molar-refractivity contribution in [2.45, 2.75) is 26.4 Å². The maximum absolute atomic E-state index is 12.3. The number of nitrogens with zero attached hydrogens (tertiary/aromatic N) is 1. The van der Waals surface area contributed by atoms with Crippen LogP contribution in [0.2, 0.25) is 0 Å². The number of esters is 1. The van der Waals surface area contributed by atoms with E-state index in [9.17, 15) is 9.59 Å². The number of carbonyl (C=O) groups excluding carboxylic acids is 2. The monoisotopic (exact) mass is 318 g/mol. The fourth-order valence-corrected chi connectivity index (χ4v) is 2.61. The lowest BCUT2D eigenvalue weighted by molar-refractivity contribution is 0.0598. The van der Waals surface area contributed by atoms with Gasteiger partial charge in [-0.05, 0) is 13.0 Å². The highest BCUT2D eigenvalue weighted by atomic mass is 16.5. The number of amides is 1. The van der Waals surface area contributed by atoms with Gasteiger partial charge in [-0.3, -0.25) is 9.89 Å². The Morgan fingerprint density at radius 2 is 2.30 bits per heavy atom. The summed E-state index contributed by atoms with van der Waals surface area (Å²) in [6.45, 7) is 3.35. The second kappa shape index (κ2) is 6.25. The van der Waals surface area contributed by atoms with Crippen molar-refractivity contribution in [2.24, 2.45) is 0 Å². The van der Waals surface area contributed by atoms with Crippen LogP contribution in [0.25, 0.3) is 0 Å². The highest BCUT2D eigenvalue weighted by Gasteiger charge is 2.22. The van der Waals surface area contributed by atoms with Crippen molar-refractivity contribution in [3.63, 3.8) is 0 Å². The molecule has 2 aromatic rings. The van der Waals surface area contributed by atoms with Crippen molar-refractivity contribution in [1.29, 1.82) is 0 Å².